The first kappa shape index (κ1) is 20.5. The number of benzene rings is 2. The fraction of sp³-hybridized carbons (Fsp3) is 0.143. The first-order valence-electron chi connectivity index (χ1n) is 9.29. The van der Waals surface area contributed by atoms with Gasteiger partial charge in [0.05, 0.1) is 31.0 Å². The molecule has 2 heterocycles. The van der Waals surface area contributed by atoms with Gasteiger partial charge in [-0.2, -0.15) is 5.10 Å². The van der Waals surface area contributed by atoms with Gasteiger partial charge in [0, 0.05) is 18.0 Å². The van der Waals surface area contributed by atoms with Crippen molar-refractivity contribution in [2.45, 2.75) is 13.0 Å². The number of hydrogen-bond donors (Lipinski definition) is 1. The largest absolute Gasteiger partial charge is 0.495 e. The van der Waals surface area contributed by atoms with E-state index in [1.807, 2.05) is 0 Å². The zero-order valence-corrected chi connectivity index (χ0v) is 17.1. The molecule has 4 rings (SSSR count). The van der Waals surface area contributed by atoms with Gasteiger partial charge in [-0.1, -0.05) is 11.6 Å². The van der Waals surface area contributed by atoms with Crippen LogP contribution in [0.5, 0.6) is 5.75 Å². The van der Waals surface area contributed by atoms with E-state index in [1.54, 1.807) is 30.3 Å². The minimum absolute atomic E-state index is 0.0366. The number of aromatic nitrogens is 4. The maximum absolute atomic E-state index is 13.2. The van der Waals surface area contributed by atoms with Crippen molar-refractivity contribution in [1.29, 1.82) is 0 Å². The lowest BCUT2D eigenvalue weighted by Gasteiger charge is -2.11. The third-order valence-electron chi connectivity index (χ3n) is 4.64. The van der Waals surface area contributed by atoms with Crippen LogP contribution in [-0.2, 0) is 11.3 Å². The van der Waals surface area contributed by atoms with Crippen LogP contribution in [0.25, 0.3) is 16.7 Å². The predicted molar refractivity (Wildman–Crippen MR) is 114 cm³/mol. The van der Waals surface area contributed by atoms with Gasteiger partial charge in [-0.05, 0) is 42.5 Å². The molecule has 2 aromatic carbocycles. The molecule has 0 spiro atoms. The molecule has 0 atom stereocenters. The highest BCUT2D eigenvalue weighted by atomic mass is 35.5. The van der Waals surface area contributed by atoms with Crippen molar-refractivity contribution in [3.63, 3.8) is 0 Å². The number of amides is 1. The summed E-state index contributed by atoms with van der Waals surface area (Å²) < 4.78 is 21.2. The number of fused-ring (bicyclic) bond motifs is 1. The van der Waals surface area contributed by atoms with E-state index in [0.717, 1.165) is 0 Å². The minimum atomic E-state index is -0.371. The molecule has 0 aliphatic carbocycles. The number of halogens is 2. The summed E-state index contributed by atoms with van der Waals surface area (Å²) in [4.78, 5) is 29.4. The average molecular weight is 442 g/mol. The molecular weight excluding hydrogens is 425 g/mol. The Labute approximate surface area is 180 Å². The Kier molecular flexibility index (Phi) is 5.68. The summed E-state index contributed by atoms with van der Waals surface area (Å²) in [6.07, 6.45) is 2.80. The van der Waals surface area contributed by atoms with Gasteiger partial charge >= 0.3 is 0 Å². The topological polar surface area (TPSA) is 91.0 Å². The van der Waals surface area contributed by atoms with Gasteiger partial charge in [0.25, 0.3) is 5.56 Å². The van der Waals surface area contributed by atoms with Crippen LogP contribution in [0.15, 0.2) is 59.8 Å². The van der Waals surface area contributed by atoms with E-state index >= 15 is 0 Å². The van der Waals surface area contributed by atoms with E-state index in [9.17, 15) is 14.0 Å². The highest BCUT2D eigenvalue weighted by molar-refractivity contribution is 6.31. The zero-order chi connectivity index (χ0) is 22.0. The van der Waals surface area contributed by atoms with Crippen LogP contribution in [0.2, 0.25) is 5.02 Å². The van der Waals surface area contributed by atoms with Crippen molar-refractivity contribution in [2.75, 3.05) is 12.4 Å². The number of nitrogens with one attached hydrogen (secondary N) is 1. The van der Waals surface area contributed by atoms with Crippen molar-refractivity contribution in [3.8, 4) is 11.4 Å². The number of carbonyl (C=O) groups is 1. The summed E-state index contributed by atoms with van der Waals surface area (Å²) in [5.41, 5.74) is 1.05. The van der Waals surface area contributed by atoms with Crippen molar-refractivity contribution < 1.29 is 13.9 Å². The van der Waals surface area contributed by atoms with Gasteiger partial charge in [0.2, 0.25) is 5.91 Å². The Morgan fingerprint density at radius 3 is 2.74 bits per heavy atom. The van der Waals surface area contributed by atoms with Gasteiger partial charge in [-0.25, -0.2) is 14.1 Å². The molecule has 4 aromatic rings. The second kappa shape index (κ2) is 8.57. The molecule has 0 aliphatic rings. The second-order valence-corrected chi connectivity index (χ2v) is 7.09. The summed E-state index contributed by atoms with van der Waals surface area (Å²) in [5, 5.41) is 7.67. The lowest BCUT2D eigenvalue weighted by Crippen LogP contribution is -2.23. The number of ether oxygens (including phenoxy) is 1. The van der Waals surface area contributed by atoms with Crippen molar-refractivity contribution in [2.24, 2.45) is 0 Å². The highest BCUT2D eigenvalue weighted by Gasteiger charge is 2.13. The summed E-state index contributed by atoms with van der Waals surface area (Å²) in [6, 6.07) is 10.6. The number of anilines is 1. The fourth-order valence-corrected chi connectivity index (χ4v) is 3.26. The van der Waals surface area contributed by atoms with Crippen LogP contribution in [0.4, 0.5) is 10.1 Å². The Bertz CT molecular complexity index is 1320. The molecule has 1 amide bonds. The molecule has 0 saturated carbocycles. The smallest absolute Gasteiger partial charge is 0.264 e. The third-order valence-corrected chi connectivity index (χ3v) is 4.88. The first-order chi connectivity index (χ1) is 15.0. The summed E-state index contributed by atoms with van der Waals surface area (Å²) >= 11 is 5.97. The van der Waals surface area contributed by atoms with E-state index in [4.69, 9.17) is 16.3 Å². The molecule has 0 fully saturated rings. The molecule has 0 unspecified atom stereocenters. The van der Waals surface area contributed by atoms with Crippen molar-refractivity contribution >= 4 is 34.2 Å². The maximum Gasteiger partial charge on any atom is 0.264 e. The molecule has 0 aliphatic heterocycles. The number of rotatable bonds is 6. The predicted octanol–water partition coefficient (Wildman–Crippen LogP) is 3.41. The van der Waals surface area contributed by atoms with Crippen LogP contribution in [-0.4, -0.2) is 32.3 Å². The molecular formula is C21H17ClFN5O3. The quantitative estimate of drug-likeness (QED) is 0.495. The Balaban J connectivity index is 1.51. The number of aryl methyl sites for hydroxylation is 1. The molecule has 0 saturated heterocycles. The standard InChI is InChI=1S/C21H17ClFN5O3/c1-31-18-7-2-13(22)10-17(18)26-19(29)8-9-27-12-24-20-16(21(27)30)11-25-28(20)15-5-3-14(23)4-6-15/h2-7,10-12H,8-9H2,1H3,(H,26,29). The summed E-state index contributed by atoms with van der Waals surface area (Å²) in [7, 11) is 1.49. The number of methoxy groups -OCH3 is 1. The highest BCUT2D eigenvalue weighted by Crippen LogP contribution is 2.27. The van der Waals surface area contributed by atoms with Gasteiger partial charge in [-0.15, -0.1) is 0 Å². The molecule has 158 valence electrons. The third kappa shape index (κ3) is 4.26. The average Bonchev–Trinajstić information content (AvgIpc) is 3.19. The van der Waals surface area contributed by atoms with E-state index in [-0.39, 0.29) is 30.2 Å². The summed E-state index contributed by atoms with van der Waals surface area (Å²) in [5.74, 6) is -0.204. The maximum atomic E-state index is 13.2. The molecule has 0 radical (unpaired) electrons. The van der Waals surface area contributed by atoms with E-state index in [2.05, 4.69) is 15.4 Å². The van der Waals surface area contributed by atoms with Gasteiger partial charge in [0.15, 0.2) is 5.65 Å². The molecule has 10 heteroatoms. The lowest BCUT2D eigenvalue weighted by atomic mass is 10.2. The second-order valence-electron chi connectivity index (χ2n) is 6.66. The van der Waals surface area contributed by atoms with E-state index < -0.39 is 0 Å². The molecule has 31 heavy (non-hydrogen) atoms. The minimum Gasteiger partial charge on any atom is -0.495 e. The van der Waals surface area contributed by atoms with Gasteiger partial charge in [0.1, 0.15) is 17.0 Å². The zero-order valence-electron chi connectivity index (χ0n) is 16.4. The van der Waals surface area contributed by atoms with Crippen LogP contribution in [0.3, 0.4) is 0 Å². The van der Waals surface area contributed by atoms with Crippen LogP contribution >= 0.6 is 11.6 Å². The van der Waals surface area contributed by atoms with Crippen LogP contribution < -0.4 is 15.6 Å². The first-order valence-corrected chi connectivity index (χ1v) is 9.66. The Hall–Kier alpha value is -3.72. The van der Waals surface area contributed by atoms with Crippen molar-refractivity contribution in [3.05, 3.63) is 76.2 Å². The number of nitrogens with zero attached hydrogens (tertiary/aromatic N) is 4. The van der Waals surface area contributed by atoms with E-state index in [1.165, 1.54) is 41.0 Å². The Morgan fingerprint density at radius 2 is 2.00 bits per heavy atom. The summed E-state index contributed by atoms with van der Waals surface area (Å²) in [6.45, 7) is 0.123. The van der Waals surface area contributed by atoms with E-state index in [0.29, 0.717) is 33.2 Å². The normalized spacial score (nSPS) is 10.9. The Morgan fingerprint density at radius 1 is 1.23 bits per heavy atom. The van der Waals surface area contributed by atoms with Crippen LogP contribution in [0, 0.1) is 5.82 Å². The van der Waals surface area contributed by atoms with Crippen molar-refractivity contribution in [1.82, 2.24) is 19.3 Å². The lowest BCUT2D eigenvalue weighted by molar-refractivity contribution is -0.116. The monoisotopic (exact) mass is 441 g/mol. The number of hydrogen-bond acceptors (Lipinski definition) is 5. The molecule has 8 nitrogen and oxygen atoms in total. The fourth-order valence-electron chi connectivity index (χ4n) is 3.09. The molecule has 2 aromatic heterocycles. The molecule has 1 N–H and O–H groups in total. The van der Waals surface area contributed by atoms with Gasteiger partial charge in [-0.3, -0.25) is 14.2 Å². The van der Waals surface area contributed by atoms with Gasteiger partial charge < -0.3 is 10.1 Å². The SMILES string of the molecule is COc1ccc(Cl)cc1NC(=O)CCn1cnc2c(cnn2-c2ccc(F)cc2)c1=O. The number of carbonyl (C=O) groups excluding carboxylic acids is 1. The molecule has 0 bridgehead atoms. The van der Waals surface area contributed by atoms with Crippen LogP contribution in [0.1, 0.15) is 6.42 Å².